The van der Waals surface area contributed by atoms with Gasteiger partial charge in [-0.3, -0.25) is 4.79 Å². The van der Waals surface area contributed by atoms with Crippen LogP contribution in [0.2, 0.25) is 0 Å². The number of benzene rings is 1. The largest absolute Gasteiger partial charge is 0.465 e. The van der Waals surface area contributed by atoms with E-state index in [-0.39, 0.29) is 30.1 Å². The van der Waals surface area contributed by atoms with Crippen molar-refractivity contribution in [1.82, 2.24) is 4.90 Å². The number of rotatable bonds is 3. The van der Waals surface area contributed by atoms with Crippen molar-refractivity contribution >= 4 is 11.9 Å². The van der Waals surface area contributed by atoms with Gasteiger partial charge in [0.2, 0.25) is 0 Å². The second-order valence-corrected chi connectivity index (χ2v) is 6.00. The molecule has 2 heterocycles. The summed E-state index contributed by atoms with van der Waals surface area (Å²) >= 11 is 0. The summed E-state index contributed by atoms with van der Waals surface area (Å²) in [5.41, 5.74) is 1.08. The molecular weight excluding hydrogens is 282 g/mol. The van der Waals surface area contributed by atoms with Crippen LogP contribution in [0.1, 0.15) is 46.4 Å². The summed E-state index contributed by atoms with van der Waals surface area (Å²) in [4.78, 5) is 26.2. The molecule has 2 saturated heterocycles. The Morgan fingerprint density at radius 1 is 1.00 bits per heavy atom. The Balaban J connectivity index is 1.76. The summed E-state index contributed by atoms with van der Waals surface area (Å²) in [6, 6.07) is 7.24. The Bertz CT molecular complexity index is 555. The van der Waals surface area contributed by atoms with Gasteiger partial charge in [0.1, 0.15) is 0 Å². The van der Waals surface area contributed by atoms with Crippen LogP contribution in [0.4, 0.5) is 0 Å². The first-order valence-electron chi connectivity index (χ1n) is 7.68. The molecule has 1 aromatic carbocycles. The Morgan fingerprint density at radius 2 is 1.55 bits per heavy atom. The molecule has 0 saturated carbocycles. The van der Waals surface area contributed by atoms with Crippen molar-refractivity contribution in [3.63, 3.8) is 0 Å². The standard InChI is InChI=1S/C17H21NO4/c1-21-15-9-13-7-8-14(10-15)18(13)16(19)11-3-5-12(6-4-11)17(20)22-2/h3-6,13-15H,7-10H2,1-2H3/t13-,14-/m0/s1. The molecule has 0 aromatic heterocycles. The predicted molar refractivity (Wildman–Crippen MR) is 80.8 cm³/mol. The third kappa shape index (κ3) is 2.61. The third-order valence-electron chi connectivity index (χ3n) is 4.81. The second-order valence-electron chi connectivity index (χ2n) is 6.00. The van der Waals surface area contributed by atoms with Crippen molar-refractivity contribution in [3.05, 3.63) is 35.4 Å². The van der Waals surface area contributed by atoms with Gasteiger partial charge in [0.15, 0.2) is 0 Å². The van der Waals surface area contributed by atoms with E-state index in [1.54, 1.807) is 31.4 Å². The lowest BCUT2D eigenvalue weighted by Crippen LogP contribution is -2.48. The van der Waals surface area contributed by atoms with E-state index in [2.05, 4.69) is 4.74 Å². The molecule has 0 N–H and O–H groups in total. The van der Waals surface area contributed by atoms with E-state index in [4.69, 9.17) is 4.74 Å². The SMILES string of the molecule is COC(=O)c1ccc(C(=O)N2[C@H]3CC[C@H]2CC(OC)C3)cc1. The Labute approximate surface area is 130 Å². The van der Waals surface area contributed by atoms with Crippen LogP contribution in [0.3, 0.4) is 0 Å². The number of nitrogens with zero attached hydrogens (tertiary/aromatic N) is 1. The van der Waals surface area contributed by atoms with Gasteiger partial charge in [-0.25, -0.2) is 4.79 Å². The monoisotopic (exact) mass is 303 g/mol. The molecule has 1 amide bonds. The zero-order chi connectivity index (χ0) is 15.7. The molecule has 2 atom stereocenters. The summed E-state index contributed by atoms with van der Waals surface area (Å²) in [5, 5.41) is 0. The van der Waals surface area contributed by atoms with Crippen LogP contribution >= 0.6 is 0 Å². The Morgan fingerprint density at radius 3 is 2.05 bits per heavy atom. The molecule has 0 aliphatic carbocycles. The van der Waals surface area contributed by atoms with Crippen molar-refractivity contribution in [2.24, 2.45) is 0 Å². The summed E-state index contributed by atoms with van der Waals surface area (Å²) in [5.74, 6) is -0.335. The molecule has 0 unspecified atom stereocenters. The zero-order valence-corrected chi connectivity index (χ0v) is 13.0. The number of carbonyl (C=O) groups is 2. The summed E-state index contributed by atoms with van der Waals surface area (Å²) in [6.45, 7) is 0. The van der Waals surface area contributed by atoms with Gasteiger partial charge >= 0.3 is 5.97 Å². The lowest BCUT2D eigenvalue weighted by atomic mass is 9.98. The van der Waals surface area contributed by atoms with Gasteiger partial charge in [0, 0.05) is 24.8 Å². The first kappa shape index (κ1) is 15.0. The highest BCUT2D eigenvalue weighted by Gasteiger charge is 2.43. The molecule has 0 spiro atoms. The summed E-state index contributed by atoms with van der Waals surface area (Å²) in [6.07, 6.45) is 4.20. The normalized spacial score (nSPS) is 26.8. The lowest BCUT2D eigenvalue weighted by Gasteiger charge is -2.38. The molecule has 118 valence electrons. The minimum Gasteiger partial charge on any atom is -0.465 e. The van der Waals surface area contributed by atoms with E-state index in [9.17, 15) is 9.59 Å². The van der Waals surface area contributed by atoms with E-state index < -0.39 is 0 Å². The predicted octanol–water partition coefficient (Wildman–Crippen LogP) is 2.26. The van der Waals surface area contributed by atoms with E-state index in [0.29, 0.717) is 11.1 Å². The van der Waals surface area contributed by atoms with Crippen LogP contribution in [0.25, 0.3) is 0 Å². The fraction of sp³-hybridized carbons (Fsp3) is 0.529. The van der Waals surface area contributed by atoms with Crippen LogP contribution in [0.15, 0.2) is 24.3 Å². The molecule has 2 fully saturated rings. The van der Waals surface area contributed by atoms with E-state index in [1.165, 1.54) is 7.11 Å². The van der Waals surface area contributed by atoms with Gasteiger partial charge in [-0.2, -0.15) is 0 Å². The van der Waals surface area contributed by atoms with E-state index >= 15 is 0 Å². The molecule has 3 rings (SSSR count). The maximum atomic E-state index is 12.8. The molecule has 2 aliphatic heterocycles. The Kier molecular flexibility index (Phi) is 4.16. The summed E-state index contributed by atoms with van der Waals surface area (Å²) < 4.78 is 10.1. The smallest absolute Gasteiger partial charge is 0.337 e. The molecule has 5 heteroatoms. The second kappa shape index (κ2) is 6.08. The van der Waals surface area contributed by atoms with Crippen molar-refractivity contribution < 1.29 is 19.1 Å². The quantitative estimate of drug-likeness (QED) is 0.804. The number of carbonyl (C=O) groups excluding carboxylic acids is 2. The number of methoxy groups -OCH3 is 2. The number of hydrogen-bond acceptors (Lipinski definition) is 4. The van der Waals surface area contributed by atoms with Crippen molar-refractivity contribution in [2.45, 2.75) is 43.9 Å². The molecule has 2 bridgehead atoms. The minimum atomic E-state index is -0.389. The van der Waals surface area contributed by atoms with E-state index in [0.717, 1.165) is 25.7 Å². The van der Waals surface area contributed by atoms with Crippen LogP contribution in [-0.2, 0) is 9.47 Å². The number of esters is 1. The fourth-order valence-electron chi connectivity index (χ4n) is 3.67. The molecule has 22 heavy (non-hydrogen) atoms. The van der Waals surface area contributed by atoms with Crippen LogP contribution in [-0.4, -0.2) is 49.2 Å². The number of piperidine rings is 1. The molecule has 1 aromatic rings. The first-order chi connectivity index (χ1) is 10.6. The van der Waals surface area contributed by atoms with Crippen molar-refractivity contribution in [1.29, 1.82) is 0 Å². The van der Waals surface area contributed by atoms with Gasteiger partial charge in [0.25, 0.3) is 5.91 Å². The fourth-order valence-corrected chi connectivity index (χ4v) is 3.67. The molecular formula is C17H21NO4. The van der Waals surface area contributed by atoms with Crippen molar-refractivity contribution in [3.8, 4) is 0 Å². The number of fused-ring (bicyclic) bond motifs is 2. The van der Waals surface area contributed by atoms with Gasteiger partial charge < -0.3 is 14.4 Å². The van der Waals surface area contributed by atoms with Gasteiger partial charge in [0.05, 0.1) is 18.8 Å². The molecule has 5 nitrogen and oxygen atoms in total. The number of hydrogen-bond donors (Lipinski definition) is 0. The van der Waals surface area contributed by atoms with Crippen LogP contribution in [0.5, 0.6) is 0 Å². The van der Waals surface area contributed by atoms with Crippen LogP contribution < -0.4 is 0 Å². The number of ether oxygens (including phenoxy) is 2. The molecule has 2 aliphatic rings. The van der Waals surface area contributed by atoms with Gasteiger partial charge in [-0.05, 0) is 49.9 Å². The highest BCUT2D eigenvalue weighted by Crippen LogP contribution is 2.37. The lowest BCUT2D eigenvalue weighted by molar-refractivity contribution is 0.00820. The third-order valence-corrected chi connectivity index (χ3v) is 4.81. The average molecular weight is 303 g/mol. The topological polar surface area (TPSA) is 55.8 Å². The van der Waals surface area contributed by atoms with E-state index in [1.807, 2.05) is 4.90 Å². The maximum Gasteiger partial charge on any atom is 0.337 e. The summed E-state index contributed by atoms with van der Waals surface area (Å²) in [7, 11) is 3.09. The Hall–Kier alpha value is -1.88. The molecule has 0 radical (unpaired) electrons. The highest BCUT2D eigenvalue weighted by molar-refractivity contribution is 5.96. The number of amides is 1. The zero-order valence-electron chi connectivity index (χ0n) is 13.0. The minimum absolute atomic E-state index is 0.0541. The van der Waals surface area contributed by atoms with Crippen LogP contribution in [0, 0.1) is 0 Å². The maximum absolute atomic E-state index is 12.8. The van der Waals surface area contributed by atoms with Gasteiger partial charge in [-0.1, -0.05) is 0 Å². The highest BCUT2D eigenvalue weighted by atomic mass is 16.5. The van der Waals surface area contributed by atoms with Crippen molar-refractivity contribution in [2.75, 3.05) is 14.2 Å². The first-order valence-corrected chi connectivity index (χ1v) is 7.68. The van der Waals surface area contributed by atoms with Gasteiger partial charge in [-0.15, -0.1) is 0 Å². The average Bonchev–Trinajstić information content (AvgIpc) is 2.83.